The van der Waals surface area contributed by atoms with E-state index in [-0.39, 0.29) is 0 Å². The molecule has 118 valence electrons. The number of ether oxygens (including phenoxy) is 2. The highest BCUT2D eigenvalue weighted by atomic mass is 35.5. The molecule has 0 N–H and O–H groups in total. The maximum Gasteiger partial charge on any atom is 0.231 e. The molecule has 1 aromatic heterocycles. The normalized spacial score (nSPS) is 13.2. The lowest BCUT2D eigenvalue weighted by Gasteiger charge is -2.16. The number of thiophene rings is 1. The summed E-state index contributed by atoms with van der Waals surface area (Å²) in [6.45, 7) is 1.97. The van der Waals surface area contributed by atoms with Crippen LogP contribution in [0, 0.1) is 0 Å². The smallest absolute Gasteiger partial charge is 0.231 e. The van der Waals surface area contributed by atoms with Crippen molar-refractivity contribution in [2.24, 2.45) is 0 Å². The Hall–Kier alpha value is -1.75. The van der Waals surface area contributed by atoms with Crippen molar-refractivity contribution in [3.8, 4) is 11.5 Å². The quantitative estimate of drug-likeness (QED) is 0.670. The Balaban J connectivity index is 1.51. The molecule has 1 aliphatic rings. The zero-order chi connectivity index (χ0) is 15.8. The van der Waals surface area contributed by atoms with Gasteiger partial charge in [-0.05, 0) is 30.8 Å². The number of hydrogen-bond acceptors (Lipinski definition) is 4. The number of nitrogens with zero attached hydrogens (tertiary/aromatic N) is 1. The first-order valence-corrected chi connectivity index (χ1v) is 8.63. The van der Waals surface area contributed by atoms with Gasteiger partial charge in [-0.2, -0.15) is 0 Å². The minimum Gasteiger partial charge on any atom is -0.454 e. The van der Waals surface area contributed by atoms with Gasteiger partial charge in [0.1, 0.15) is 0 Å². The Morgan fingerprint density at radius 1 is 1.09 bits per heavy atom. The predicted molar refractivity (Wildman–Crippen MR) is 94.6 cm³/mol. The van der Waals surface area contributed by atoms with E-state index in [4.69, 9.17) is 21.1 Å². The topological polar surface area (TPSA) is 21.7 Å². The molecule has 23 heavy (non-hydrogen) atoms. The Bertz CT molecular complexity index is 861. The molecule has 0 unspecified atom stereocenters. The maximum absolute atomic E-state index is 6.53. The van der Waals surface area contributed by atoms with Crippen LogP contribution in [0.2, 0.25) is 5.02 Å². The third-order valence-corrected chi connectivity index (χ3v) is 5.60. The standard InChI is InChI=1S/C18H16ClNO2S/c1-20(9-12-6-7-14-15(8-12)22-11-21-14)10-17-18(19)13-4-2-3-5-16(13)23-17/h2-8H,9-11H2,1H3. The van der Waals surface area contributed by atoms with Gasteiger partial charge in [0.05, 0.1) is 5.02 Å². The lowest BCUT2D eigenvalue weighted by molar-refractivity contribution is 0.174. The Morgan fingerprint density at radius 3 is 2.78 bits per heavy atom. The average Bonchev–Trinajstić information content (AvgIpc) is 3.12. The fourth-order valence-corrected chi connectivity index (χ4v) is 4.39. The van der Waals surface area contributed by atoms with Crippen LogP contribution in [0.1, 0.15) is 10.4 Å². The van der Waals surface area contributed by atoms with E-state index in [1.807, 2.05) is 18.2 Å². The van der Waals surface area contributed by atoms with Crippen molar-refractivity contribution in [2.75, 3.05) is 13.8 Å². The first-order valence-electron chi connectivity index (χ1n) is 7.43. The van der Waals surface area contributed by atoms with E-state index in [1.54, 1.807) is 11.3 Å². The summed E-state index contributed by atoms with van der Waals surface area (Å²) in [5.74, 6) is 1.65. The van der Waals surface area contributed by atoms with E-state index >= 15 is 0 Å². The van der Waals surface area contributed by atoms with Crippen molar-refractivity contribution in [1.29, 1.82) is 0 Å². The van der Waals surface area contributed by atoms with E-state index in [9.17, 15) is 0 Å². The number of benzene rings is 2. The molecule has 0 saturated heterocycles. The second kappa shape index (κ2) is 6.04. The van der Waals surface area contributed by atoms with Crippen molar-refractivity contribution in [2.45, 2.75) is 13.1 Å². The van der Waals surface area contributed by atoms with Gasteiger partial charge in [0.2, 0.25) is 6.79 Å². The summed E-state index contributed by atoms with van der Waals surface area (Å²) in [7, 11) is 2.10. The minimum atomic E-state index is 0.312. The summed E-state index contributed by atoms with van der Waals surface area (Å²) >= 11 is 8.29. The third-order valence-electron chi connectivity index (χ3n) is 3.90. The molecule has 0 bridgehead atoms. The summed E-state index contributed by atoms with van der Waals surface area (Å²) in [5.41, 5.74) is 1.20. The molecule has 0 atom stereocenters. The van der Waals surface area contributed by atoms with Crippen LogP contribution in [0.5, 0.6) is 11.5 Å². The Labute approximate surface area is 144 Å². The van der Waals surface area contributed by atoms with E-state index in [0.717, 1.165) is 35.0 Å². The van der Waals surface area contributed by atoms with Crippen LogP contribution >= 0.6 is 22.9 Å². The fraction of sp³-hybridized carbons (Fsp3) is 0.222. The Morgan fingerprint density at radius 2 is 1.91 bits per heavy atom. The zero-order valence-electron chi connectivity index (χ0n) is 12.7. The molecule has 0 spiro atoms. The molecule has 4 rings (SSSR count). The molecule has 0 radical (unpaired) electrons. The van der Waals surface area contributed by atoms with Crippen LogP contribution < -0.4 is 9.47 Å². The summed E-state index contributed by atoms with van der Waals surface area (Å²) in [5, 5.41) is 2.02. The monoisotopic (exact) mass is 345 g/mol. The second-order valence-electron chi connectivity index (χ2n) is 5.70. The van der Waals surface area contributed by atoms with Crippen molar-refractivity contribution >= 4 is 33.0 Å². The average molecular weight is 346 g/mol. The summed E-state index contributed by atoms with van der Waals surface area (Å²) in [6, 6.07) is 14.4. The van der Waals surface area contributed by atoms with Gasteiger partial charge < -0.3 is 9.47 Å². The Kier molecular flexibility index (Phi) is 3.89. The highest BCUT2D eigenvalue weighted by Crippen LogP contribution is 2.36. The van der Waals surface area contributed by atoms with Crippen LogP contribution in [0.3, 0.4) is 0 Å². The van der Waals surface area contributed by atoms with E-state index in [0.29, 0.717) is 6.79 Å². The molecule has 2 heterocycles. The highest BCUT2D eigenvalue weighted by molar-refractivity contribution is 7.19. The van der Waals surface area contributed by atoms with Crippen LogP contribution in [0.25, 0.3) is 10.1 Å². The number of hydrogen-bond donors (Lipinski definition) is 0. The summed E-state index contributed by atoms with van der Waals surface area (Å²) < 4.78 is 12.0. The molecule has 0 fully saturated rings. The maximum atomic E-state index is 6.53. The van der Waals surface area contributed by atoms with Crippen molar-refractivity contribution in [3.05, 3.63) is 57.9 Å². The number of fused-ring (bicyclic) bond motifs is 2. The lowest BCUT2D eigenvalue weighted by Crippen LogP contribution is -2.16. The predicted octanol–water partition coefficient (Wildman–Crippen LogP) is 4.92. The van der Waals surface area contributed by atoms with Crippen LogP contribution in [0.15, 0.2) is 42.5 Å². The molecule has 0 saturated carbocycles. The largest absolute Gasteiger partial charge is 0.454 e. The van der Waals surface area contributed by atoms with Gasteiger partial charge in [-0.15, -0.1) is 11.3 Å². The summed E-state index contributed by atoms with van der Waals surface area (Å²) in [6.07, 6.45) is 0. The first kappa shape index (κ1) is 14.8. The molecule has 0 amide bonds. The molecular formula is C18H16ClNO2S. The van der Waals surface area contributed by atoms with E-state index in [2.05, 4.69) is 36.2 Å². The molecule has 1 aliphatic heterocycles. The van der Waals surface area contributed by atoms with Gasteiger partial charge >= 0.3 is 0 Å². The first-order chi connectivity index (χ1) is 11.2. The molecule has 5 heteroatoms. The second-order valence-corrected chi connectivity index (χ2v) is 7.21. The van der Waals surface area contributed by atoms with Crippen molar-refractivity contribution in [3.63, 3.8) is 0 Å². The molecule has 3 aromatic rings. The van der Waals surface area contributed by atoms with Gasteiger partial charge in [0.25, 0.3) is 0 Å². The van der Waals surface area contributed by atoms with Crippen molar-refractivity contribution < 1.29 is 9.47 Å². The molecule has 2 aromatic carbocycles. The zero-order valence-corrected chi connectivity index (χ0v) is 14.3. The lowest BCUT2D eigenvalue weighted by atomic mass is 10.2. The van der Waals surface area contributed by atoms with Gasteiger partial charge in [-0.25, -0.2) is 0 Å². The minimum absolute atomic E-state index is 0.312. The molecule has 0 aliphatic carbocycles. The fourth-order valence-electron chi connectivity index (χ4n) is 2.82. The van der Waals surface area contributed by atoms with Gasteiger partial charge in [-0.3, -0.25) is 4.90 Å². The molecular weight excluding hydrogens is 330 g/mol. The van der Waals surface area contributed by atoms with Crippen LogP contribution in [-0.4, -0.2) is 18.7 Å². The highest BCUT2D eigenvalue weighted by Gasteiger charge is 2.15. The van der Waals surface area contributed by atoms with Crippen LogP contribution in [-0.2, 0) is 13.1 Å². The SMILES string of the molecule is CN(Cc1ccc2c(c1)OCO2)Cc1sc2ccccc2c1Cl. The number of halogens is 1. The number of rotatable bonds is 4. The molecule has 3 nitrogen and oxygen atoms in total. The van der Waals surface area contributed by atoms with Crippen molar-refractivity contribution in [1.82, 2.24) is 4.90 Å². The van der Waals surface area contributed by atoms with E-state index in [1.165, 1.54) is 15.1 Å². The third kappa shape index (κ3) is 2.90. The summed E-state index contributed by atoms with van der Waals surface area (Å²) in [4.78, 5) is 3.46. The van der Waals surface area contributed by atoms with Gasteiger partial charge in [0.15, 0.2) is 11.5 Å². The van der Waals surface area contributed by atoms with Gasteiger partial charge in [-0.1, -0.05) is 35.9 Å². The van der Waals surface area contributed by atoms with Gasteiger partial charge in [0, 0.05) is 28.1 Å². The van der Waals surface area contributed by atoms with Crippen LogP contribution in [0.4, 0.5) is 0 Å². The van der Waals surface area contributed by atoms with E-state index < -0.39 is 0 Å².